The topological polar surface area (TPSA) is 64.1 Å². The quantitative estimate of drug-likeness (QED) is 0.414. The lowest BCUT2D eigenvalue weighted by Gasteiger charge is -2.24. The van der Waals surface area contributed by atoms with Crippen LogP contribution in [0.15, 0.2) is 23.2 Å². The summed E-state index contributed by atoms with van der Waals surface area (Å²) in [6.07, 6.45) is 2.21. The molecule has 2 rings (SSSR count). The van der Waals surface area contributed by atoms with Crippen molar-refractivity contribution in [1.82, 2.24) is 10.6 Å². The van der Waals surface area contributed by atoms with Crippen LogP contribution in [0.1, 0.15) is 44.7 Å². The summed E-state index contributed by atoms with van der Waals surface area (Å²) in [5.41, 5.74) is 2.07. The van der Waals surface area contributed by atoms with Gasteiger partial charge in [-0.05, 0) is 52.2 Å². The van der Waals surface area contributed by atoms with E-state index < -0.39 is 0 Å². The van der Waals surface area contributed by atoms with E-state index in [9.17, 15) is 0 Å². The van der Waals surface area contributed by atoms with Gasteiger partial charge >= 0.3 is 0 Å². The van der Waals surface area contributed by atoms with Crippen LogP contribution in [0.5, 0.6) is 5.75 Å². The molecule has 0 bridgehead atoms. The first-order valence-corrected chi connectivity index (χ1v) is 9.80. The summed E-state index contributed by atoms with van der Waals surface area (Å²) < 4.78 is 17.2. The van der Waals surface area contributed by atoms with Crippen LogP contribution in [0.25, 0.3) is 0 Å². The summed E-state index contributed by atoms with van der Waals surface area (Å²) >= 11 is 0. The number of hydrogen-bond acceptors (Lipinski definition) is 4. The molecule has 6 heteroatoms. The van der Waals surface area contributed by atoms with Crippen LogP contribution in [0, 0.1) is 6.92 Å². The van der Waals surface area contributed by atoms with Gasteiger partial charge in [0.15, 0.2) is 5.96 Å². The van der Waals surface area contributed by atoms with E-state index in [1.807, 2.05) is 0 Å². The van der Waals surface area contributed by atoms with Crippen molar-refractivity contribution in [2.45, 2.75) is 58.8 Å². The Hall–Kier alpha value is -1.79. The molecule has 0 spiro atoms. The lowest BCUT2D eigenvalue weighted by Crippen LogP contribution is -2.38. The summed E-state index contributed by atoms with van der Waals surface area (Å²) in [5.74, 6) is 1.69. The molecule has 1 fully saturated rings. The van der Waals surface area contributed by atoms with Crippen molar-refractivity contribution >= 4 is 5.96 Å². The molecule has 1 heterocycles. The third-order valence-corrected chi connectivity index (χ3v) is 4.16. The molecule has 0 saturated carbocycles. The summed E-state index contributed by atoms with van der Waals surface area (Å²) in [7, 11) is 1.78. The number of hydrogen-bond donors (Lipinski definition) is 2. The fourth-order valence-corrected chi connectivity index (χ4v) is 2.81. The highest BCUT2D eigenvalue weighted by Crippen LogP contribution is 2.24. The fourth-order valence-electron chi connectivity index (χ4n) is 2.81. The van der Waals surface area contributed by atoms with Gasteiger partial charge in [-0.2, -0.15) is 0 Å². The average molecular weight is 378 g/mol. The second kappa shape index (κ2) is 10.5. The molecule has 1 atom stereocenters. The Bertz CT molecular complexity index is 605. The lowest BCUT2D eigenvalue weighted by atomic mass is 10.1. The third kappa shape index (κ3) is 8.18. The Balaban J connectivity index is 1.76. The smallest absolute Gasteiger partial charge is 0.191 e. The minimum Gasteiger partial charge on any atom is -0.488 e. The molecule has 1 aliphatic heterocycles. The van der Waals surface area contributed by atoms with Crippen LogP contribution in [0.3, 0.4) is 0 Å². The molecule has 0 aromatic heterocycles. The van der Waals surface area contributed by atoms with Gasteiger partial charge in [-0.25, -0.2) is 0 Å². The number of aliphatic imine (C=N–C) groups is 1. The van der Waals surface area contributed by atoms with Crippen molar-refractivity contribution in [3.05, 3.63) is 29.3 Å². The van der Waals surface area contributed by atoms with E-state index in [1.165, 1.54) is 5.56 Å². The first kappa shape index (κ1) is 21.5. The molecule has 152 valence electrons. The second-order valence-corrected chi connectivity index (χ2v) is 7.89. The lowest BCUT2D eigenvalue weighted by molar-refractivity contribution is 0.0420. The monoisotopic (exact) mass is 377 g/mol. The number of guanidine groups is 1. The van der Waals surface area contributed by atoms with Gasteiger partial charge in [0.1, 0.15) is 11.4 Å². The van der Waals surface area contributed by atoms with Crippen LogP contribution in [0.4, 0.5) is 0 Å². The predicted octanol–water partition coefficient (Wildman–Crippen LogP) is 3.03. The normalized spacial score (nSPS) is 17.8. The summed E-state index contributed by atoms with van der Waals surface area (Å²) in [6, 6.07) is 6.30. The molecule has 1 aromatic carbocycles. The largest absolute Gasteiger partial charge is 0.488 e. The maximum atomic E-state index is 6.11. The molecule has 0 radical (unpaired) electrons. The van der Waals surface area contributed by atoms with Crippen molar-refractivity contribution in [2.24, 2.45) is 4.99 Å². The highest BCUT2D eigenvalue weighted by molar-refractivity contribution is 5.79. The number of nitrogens with one attached hydrogen (secondary N) is 2. The Morgan fingerprint density at radius 2 is 2.11 bits per heavy atom. The van der Waals surface area contributed by atoms with E-state index in [1.54, 1.807) is 7.05 Å². The molecule has 1 aliphatic rings. The highest BCUT2D eigenvalue weighted by Gasteiger charge is 2.16. The van der Waals surface area contributed by atoms with E-state index in [-0.39, 0.29) is 11.7 Å². The SMILES string of the molecule is CN=C(NCCCOC1CCOC1)NCc1ccc(C)cc1OC(C)(C)C. The second-order valence-electron chi connectivity index (χ2n) is 7.89. The molecule has 27 heavy (non-hydrogen) atoms. The zero-order valence-electron chi connectivity index (χ0n) is 17.4. The third-order valence-electron chi connectivity index (χ3n) is 4.16. The first-order valence-electron chi connectivity index (χ1n) is 9.80. The maximum Gasteiger partial charge on any atom is 0.191 e. The molecule has 0 amide bonds. The maximum absolute atomic E-state index is 6.11. The number of nitrogens with zero attached hydrogens (tertiary/aromatic N) is 1. The van der Waals surface area contributed by atoms with Crippen molar-refractivity contribution < 1.29 is 14.2 Å². The number of rotatable bonds is 8. The van der Waals surface area contributed by atoms with E-state index in [0.29, 0.717) is 6.54 Å². The van der Waals surface area contributed by atoms with Gasteiger partial charge in [0.2, 0.25) is 0 Å². The summed E-state index contributed by atoms with van der Waals surface area (Å²) in [5, 5.41) is 6.69. The van der Waals surface area contributed by atoms with E-state index >= 15 is 0 Å². The van der Waals surface area contributed by atoms with E-state index in [0.717, 1.165) is 56.5 Å². The van der Waals surface area contributed by atoms with Gasteiger partial charge in [-0.3, -0.25) is 4.99 Å². The number of aryl methyl sites for hydroxylation is 1. The van der Waals surface area contributed by atoms with Gasteiger partial charge in [-0.1, -0.05) is 12.1 Å². The van der Waals surface area contributed by atoms with Crippen LogP contribution < -0.4 is 15.4 Å². The highest BCUT2D eigenvalue weighted by atomic mass is 16.5. The van der Waals surface area contributed by atoms with E-state index in [4.69, 9.17) is 14.2 Å². The van der Waals surface area contributed by atoms with Crippen molar-refractivity contribution in [3.63, 3.8) is 0 Å². The Morgan fingerprint density at radius 3 is 2.78 bits per heavy atom. The van der Waals surface area contributed by atoms with Gasteiger partial charge < -0.3 is 24.8 Å². The minimum atomic E-state index is -0.229. The van der Waals surface area contributed by atoms with Gasteiger partial charge in [0.05, 0.1) is 12.7 Å². The molecule has 2 N–H and O–H groups in total. The zero-order valence-corrected chi connectivity index (χ0v) is 17.4. The van der Waals surface area contributed by atoms with Crippen molar-refractivity contribution in [3.8, 4) is 5.75 Å². The Kier molecular flexibility index (Phi) is 8.38. The molecule has 1 aromatic rings. The number of ether oxygens (including phenoxy) is 3. The van der Waals surface area contributed by atoms with Crippen LogP contribution in [-0.2, 0) is 16.0 Å². The van der Waals surface area contributed by atoms with Crippen LogP contribution in [-0.4, -0.2) is 51.1 Å². The average Bonchev–Trinajstić information content (AvgIpc) is 3.10. The van der Waals surface area contributed by atoms with Gasteiger partial charge in [-0.15, -0.1) is 0 Å². The van der Waals surface area contributed by atoms with Crippen LogP contribution >= 0.6 is 0 Å². The zero-order chi connectivity index (χ0) is 19.7. The molecular formula is C21H35N3O3. The molecule has 1 saturated heterocycles. The van der Waals surface area contributed by atoms with Crippen LogP contribution in [0.2, 0.25) is 0 Å². The standard InChI is InChI=1S/C21H35N3O3/c1-16-7-8-17(19(13-16)27-21(2,3)4)14-24-20(22-5)23-10-6-11-26-18-9-12-25-15-18/h7-8,13,18H,6,9-12,14-15H2,1-5H3,(H2,22,23,24). The molecule has 6 nitrogen and oxygen atoms in total. The molecular weight excluding hydrogens is 342 g/mol. The summed E-state index contributed by atoms with van der Waals surface area (Å²) in [4.78, 5) is 4.29. The van der Waals surface area contributed by atoms with Gasteiger partial charge in [0, 0.05) is 38.9 Å². The fraction of sp³-hybridized carbons (Fsp3) is 0.667. The van der Waals surface area contributed by atoms with E-state index in [2.05, 4.69) is 61.5 Å². The molecule has 0 aliphatic carbocycles. The Labute approximate surface area is 163 Å². The summed E-state index contributed by atoms with van der Waals surface area (Å²) in [6.45, 7) is 12.0. The van der Waals surface area contributed by atoms with Crippen molar-refractivity contribution in [1.29, 1.82) is 0 Å². The Morgan fingerprint density at radius 1 is 1.30 bits per heavy atom. The minimum absolute atomic E-state index is 0.229. The number of benzene rings is 1. The first-order chi connectivity index (χ1) is 12.9. The molecule has 1 unspecified atom stereocenters. The predicted molar refractivity (Wildman–Crippen MR) is 110 cm³/mol. The van der Waals surface area contributed by atoms with Crippen molar-refractivity contribution in [2.75, 3.05) is 33.4 Å². The van der Waals surface area contributed by atoms with Gasteiger partial charge in [0.25, 0.3) is 0 Å².